The van der Waals surface area contributed by atoms with E-state index in [0.717, 1.165) is 55.6 Å². The summed E-state index contributed by atoms with van der Waals surface area (Å²) in [6.45, 7) is 9.65. The van der Waals surface area contributed by atoms with Gasteiger partial charge < -0.3 is 15.5 Å². The number of hydrogen-bond acceptors (Lipinski definition) is 2. The first-order valence-corrected chi connectivity index (χ1v) is 8.99. The fourth-order valence-corrected chi connectivity index (χ4v) is 2.67. The van der Waals surface area contributed by atoms with Gasteiger partial charge in [-0.1, -0.05) is 43.6 Å². The van der Waals surface area contributed by atoms with E-state index in [1.807, 2.05) is 18.2 Å². The highest BCUT2D eigenvalue weighted by atomic mass is 127. The molecule has 0 amide bonds. The van der Waals surface area contributed by atoms with Crippen molar-refractivity contribution >= 4 is 41.5 Å². The second-order valence-corrected chi connectivity index (χ2v) is 5.91. The zero-order valence-corrected chi connectivity index (χ0v) is 18.2. The molecule has 0 unspecified atom stereocenters. The van der Waals surface area contributed by atoms with Crippen LogP contribution in [0.2, 0.25) is 5.02 Å². The lowest BCUT2D eigenvalue weighted by molar-refractivity contribution is 0.297. The van der Waals surface area contributed by atoms with Crippen LogP contribution in [0.5, 0.6) is 0 Å². The molecule has 24 heavy (non-hydrogen) atoms. The summed E-state index contributed by atoms with van der Waals surface area (Å²) >= 11 is 6.16. The number of rotatable bonds is 10. The second kappa shape index (κ2) is 14.8. The van der Waals surface area contributed by atoms with E-state index >= 15 is 0 Å². The van der Waals surface area contributed by atoms with Crippen LogP contribution in [0.4, 0.5) is 0 Å². The Labute approximate surface area is 169 Å². The number of nitrogens with one attached hydrogen (secondary N) is 2. The molecule has 0 radical (unpaired) electrons. The third-order valence-corrected chi connectivity index (χ3v) is 4.32. The SMILES string of the molecule is CCN(CC)CCCCNC(=NC)NCCc1ccccc1Cl.I. The van der Waals surface area contributed by atoms with Gasteiger partial charge in [0.2, 0.25) is 0 Å². The molecule has 0 saturated heterocycles. The van der Waals surface area contributed by atoms with Gasteiger partial charge in [0, 0.05) is 25.2 Å². The first-order chi connectivity index (χ1) is 11.2. The topological polar surface area (TPSA) is 39.7 Å². The fourth-order valence-electron chi connectivity index (χ4n) is 2.44. The van der Waals surface area contributed by atoms with Gasteiger partial charge in [-0.05, 0) is 50.5 Å². The zero-order valence-electron chi connectivity index (χ0n) is 15.1. The molecule has 138 valence electrons. The number of unbranched alkanes of at least 4 members (excludes halogenated alkanes) is 1. The van der Waals surface area contributed by atoms with E-state index in [4.69, 9.17) is 11.6 Å². The van der Waals surface area contributed by atoms with Crippen molar-refractivity contribution < 1.29 is 0 Å². The van der Waals surface area contributed by atoms with Crippen molar-refractivity contribution in [3.05, 3.63) is 34.9 Å². The van der Waals surface area contributed by atoms with E-state index < -0.39 is 0 Å². The predicted octanol–water partition coefficient (Wildman–Crippen LogP) is 3.79. The summed E-state index contributed by atoms with van der Waals surface area (Å²) < 4.78 is 0. The third-order valence-electron chi connectivity index (χ3n) is 3.96. The summed E-state index contributed by atoms with van der Waals surface area (Å²) in [7, 11) is 1.81. The Morgan fingerprint density at radius 2 is 1.75 bits per heavy atom. The Hall–Kier alpha value is -0.530. The van der Waals surface area contributed by atoms with Gasteiger partial charge in [-0.3, -0.25) is 4.99 Å². The van der Waals surface area contributed by atoms with Gasteiger partial charge >= 0.3 is 0 Å². The van der Waals surface area contributed by atoms with Crippen LogP contribution in [-0.2, 0) is 6.42 Å². The summed E-state index contributed by atoms with van der Waals surface area (Å²) in [6.07, 6.45) is 3.26. The van der Waals surface area contributed by atoms with Crippen LogP contribution in [0.1, 0.15) is 32.3 Å². The molecule has 1 aromatic carbocycles. The maximum atomic E-state index is 6.16. The Bertz CT molecular complexity index is 464. The second-order valence-electron chi connectivity index (χ2n) is 5.50. The molecule has 1 aromatic rings. The quantitative estimate of drug-likeness (QED) is 0.239. The van der Waals surface area contributed by atoms with Gasteiger partial charge in [-0.15, -0.1) is 24.0 Å². The maximum absolute atomic E-state index is 6.16. The van der Waals surface area contributed by atoms with Gasteiger partial charge in [0.05, 0.1) is 0 Å². The molecule has 1 rings (SSSR count). The minimum absolute atomic E-state index is 0. The third kappa shape index (κ3) is 9.69. The molecule has 0 spiro atoms. The summed E-state index contributed by atoms with van der Waals surface area (Å²) in [5.41, 5.74) is 1.16. The molecule has 0 aromatic heterocycles. The standard InChI is InChI=1S/C18H31ClN4.HI/c1-4-23(5-2)15-9-8-13-21-18(20-3)22-14-12-16-10-6-7-11-17(16)19;/h6-7,10-11H,4-5,8-9,12-15H2,1-3H3,(H2,20,21,22);1H. The zero-order chi connectivity index (χ0) is 16.9. The Balaban J connectivity index is 0.00000529. The van der Waals surface area contributed by atoms with Crippen molar-refractivity contribution in [3.63, 3.8) is 0 Å². The molecule has 6 heteroatoms. The number of halogens is 2. The van der Waals surface area contributed by atoms with Crippen LogP contribution in [0.15, 0.2) is 29.3 Å². The van der Waals surface area contributed by atoms with Crippen molar-refractivity contribution in [1.82, 2.24) is 15.5 Å². The minimum atomic E-state index is 0. The summed E-state index contributed by atoms with van der Waals surface area (Å²) in [5.74, 6) is 0.861. The molecule has 0 aliphatic carbocycles. The number of hydrogen-bond donors (Lipinski definition) is 2. The number of nitrogens with zero attached hydrogens (tertiary/aromatic N) is 2. The lowest BCUT2D eigenvalue weighted by Gasteiger charge is -2.18. The molecule has 0 saturated carbocycles. The monoisotopic (exact) mass is 466 g/mol. The normalized spacial score (nSPS) is 11.3. The molecule has 2 N–H and O–H groups in total. The molecule has 0 aliphatic heterocycles. The van der Waals surface area contributed by atoms with Crippen LogP contribution in [-0.4, -0.2) is 50.6 Å². The van der Waals surface area contributed by atoms with Crippen molar-refractivity contribution in [2.45, 2.75) is 33.1 Å². The highest BCUT2D eigenvalue weighted by Gasteiger charge is 2.01. The van der Waals surface area contributed by atoms with Gasteiger partial charge in [-0.2, -0.15) is 0 Å². The molecular formula is C18H32ClIN4. The Kier molecular flexibility index (Phi) is 14.5. The van der Waals surface area contributed by atoms with Crippen LogP contribution in [0.3, 0.4) is 0 Å². The average Bonchev–Trinajstić information content (AvgIpc) is 2.58. The molecule has 0 aliphatic rings. The first-order valence-electron chi connectivity index (χ1n) is 8.61. The van der Waals surface area contributed by atoms with Crippen molar-refractivity contribution in [2.24, 2.45) is 4.99 Å². The number of aliphatic imine (C=N–C) groups is 1. The van der Waals surface area contributed by atoms with Gasteiger partial charge in [-0.25, -0.2) is 0 Å². The summed E-state index contributed by atoms with van der Waals surface area (Å²) in [5, 5.41) is 7.53. The van der Waals surface area contributed by atoms with Crippen LogP contribution >= 0.6 is 35.6 Å². The molecule has 4 nitrogen and oxygen atoms in total. The molecule has 0 atom stereocenters. The van der Waals surface area contributed by atoms with Crippen molar-refractivity contribution in [2.75, 3.05) is 39.8 Å². The minimum Gasteiger partial charge on any atom is -0.356 e. The van der Waals surface area contributed by atoms with Crippen molar-refractivity contribution in [3.8, 4) is 0 Å². The average molecular weight is 467 g/mol. The number of benzene rings is 1. The molecular weight excluding hydrogens is 435 g/mol. The Morgan fingerprint density at radius 3 is 2.38 bits per heavy atom. The largest absolute Gasteiger partial charge is 0.356 e. The summed E-state index contributed by atoms with van der Waals surface area (Å²) in [4.78, 5) is 6.71. The molecule has 0 heterocycles. The van der Waals surface area contributed by atoms with Crippen molar-refractivity contribution in [1.29, 1.82) is 0 Å². The van der Waals surface area contributed by atoms with Crippen LogP contribution in [0.25, 0.3) is 0 Å². The van der Waals surface area contributed by atoms with E-state index in [0.29, 0.717) is 0 Å². The fraction of sp³-hybridized carbons (Fsp3) is 0.611. The van der Waals surface area contributed by atoms with E-state index in [-0.39, 0.29) is 24.0 Å². The van der Waals surface area contributed by atoms with E-state index in [1.54, 1.807) is 7.05 Å². The van der Waals surface area contributed by atoms with Gasteiger partial charge in [0.15, 0.2) is 5.96 Å². The smallest absolute Gasteiger partial charge is 0.190 e. The van der Waals surface area contributed by atoms with E-state index in [2.05, 4.69) is 40.4 Å². The predicted molar refractivity (Wildman–Crippen MR) is 117 cm³/mol. The number of guanidine groups is 1. The Morgan fingerprint density at radius 1 is 1.08 bits per heavy atom. The highest BCUT2D eigenvalue weighted by molar-refractivity contribution is 14.0. The van der Waals surface area contributed by atoms with Gasteiger partial charge in [0.25, 0.3) is 0 Å². The molecule has 0 bridgehead atoms. The lowest BCUT2D eigenvalue weighted by Crippen LogP contribution is -2.39. The van der Waals surface area contributed by atoms with Gasteiger partial charge in [0.1, 0.15) is 0 Å². The first kappa shape index (κ1) is 23.5. The van der Waals surface area contributed by atoms with Crippen LogP contribution < -0.4 is 10.6 Å². The summed E-state index contributed by atoms with van der Waals surface area (Å²) in [6, 6.07) is 7.97. The lowest BCUT2D eigenvalue weighted by atomic mass is 10.1. The maximum Gasteiger partial charge on any atom is 0.190 e. The van der Waals surface area contributed by atoms with Crippen LogP contribution in [0, 0.1) is 0 Å². The van der Waals surface area contributed by atoms with E-state index in [9.17, 15) is 0 Å². The van der Waals surface area contributed by atoms with E-state index in [1.165, 1.54) is 13.0 Å². The molecule has 0 fully saturated rings. The highest BCUT2D eigenvalue weighted by Crippen LogP contribution is 2.14.